The fourth-order valence-electron chi connectivity index (χ4n) is 1.81. The van der Waals surface area contributed by atoms with E-state index in [0.29, 0.717) is 13.0 Å². The highest BCUT2D eigenvalue weighted by molar-refractivity contribution is 4.94. The lowest BCUT2D eigenvalue weighted by molar-refractivity contribution is 0.462. The maximum absolute atomic E-state index is 11.4. The van der Waals surface area contributed by atoms with Gasteiger partial charge in [0.05, 0.1) is 18.5 Å². The van der Waals surface area contributed by atoms with Gasteiger partial charge in [-0.15, -0.1) is 0 Å². The smallest absolute Gasteiger partial charge is 0.265 e. The predicted octanol–water partition coefficient (Wildman–Crippen LogP) is -0.132. The van der Waals surface area contributed by atoms with Gasteiger partial charge in [-0.25, -0.2) is 9.36 Å². The van der Waals surface area contributed by atoms with Crippen LogP contribution in [-0.4, -0.2) is 9.36 Å². The van der Waals surface area contributed by atoms with Crippen LogP contribution in [-0.2, 0) is 6.54 Å². The molecule has 5 nitrogen and oxygen atoms in total. The van der Waals surface area contributed by atoms with Crippen LogP contribution in [0.3, 0.4) is 0 Å². The van der Waals surface area contributed by atoms with Crippen molar-refractivity contribution in [2.24, 2.45) is 0 Å². The summed E-state index contributed by atoms with van der Waals surface area (Å²) in [5, 5.41) is 8.56. The zero-order chi connectivity index (χ0) is 10.1. The van der Waals surface area contributed by atoms with E-state index in [2.05, 4.69) is 0 Å². The molecule has 2 heterocycles. The lowest BCUT2D eigenvalue weighted by Crippen LogP contribution is -2.34. The largest absolute Gasteiger partial charge is 0.268 e. The van der Waals surface area contributed by atoms with Crippen LogP contribution in [0, 0.1) is 11.3 Å². The van der Waals surface area contributed by atoms with Crippen LogP contribution < -0.4 is 11.1 Å². The predicted molar refractivity (Wildman–Crippen MR) is 48.8 cm³/mol. The molecule has 0 saturated heterocycles. The average molecular weight is 191 g/mol. The molecule has 0 amide bonds. The topological polar surface area (TPSA) is 67.8 Å². The van der Waals surface area contributed by atoms with Gasteiger partial charge in [0.1, 0.15) is 0 Å². The van der Waals surface area contributed by atoms with Gasteiger partial charge in [-0.05, 0) is 6.42 Å². The van der Waals surface area contributed by atoms with Crippen LogP contribution >= 0.6 is 0 Å². The molecule has 1 aliphatic rings. The Hall–Kier alpha value is -1.83. The number of nitriles is 1. The van der Waals surface area contributed by atoms with Gasteiger partial charge in [0.2, 0.25) is 0 Å². The minimum atomic E-state index is -0.206. The Morgan fingerprint density at radius 1 is 1.43 bits per heavy atom. The SMILES string of the molecule is N#CCC1CCn2c(=O)ccc(=O)n21. The van der Waals surface area contributed by atoms with Crippen LogP contribution in [0.4, 0.5) is 0 Å². The molecule has 1 aliphatic heterocycles. The monoisotopic (exact) mass is 191 g/mol. The second-order valence-electron chi connectivity index (χ2n) is 3.28. The number of nitrogens with zero attached hydrogens (tertiary/aromatic N) is 3. The van der Waals surface area contributed by atoms with E-state index in [9.17, 15) is 9.59 Å². The van der Waals surface area contributed by atoms with E-state index < -0.39 is 0 Å². The van der Waals surface area contributed by atoms with Gasteiger partial charge in [-0.3, -0.25) is 9.59 Å². The molecule has 14 heavy (non-hydrogen) atoms. The highest BCUT2D eigenvalue weighted by atomic mass is 16.2. The highest BCUT2D eigenvalue weighted by Crippen LogP contribution is 2.18. The van der Waals surface area contributed by atoms with Crippen molar-refractivity contribution in [3.8, 4) is 6.07 Å². The first-order valence-electron chi connectivity index (χ1n) is 4.43. The van der Waals surface area contributed by atoms with E-state index in [1.807, 2.05) is 6.07 Å². The van der Waals surface area contributed by atoms with Crippen molar-refractivity contribution in [3.63, 3.8) is 0 Å². The van der Waals surface area contributed by atoms with Crippen molar-refractivity contribution in [2.75, 3.05) is 0 Å². The number of hydrogen-bond donors (Lipinski definition) is 0. The Kier molecular flexibility index (Phi) is 1.97. The van der Waals surface area contributed by atoms with Crippen molar-refractivity contribution in [1.29, 1.82) is 5.26 Å². The van der Waals surface area contributed by atoms with E-state index >= 15 is 0 Å². The molecule has 0 fully saturated rings. The Bertz CT molecular complexity index is 506. The fraction of sp³-hybridized carbons (Fsp3) is 0.444. The molecule has 0 aliphatic carbocycles. The molecule has 5 heteroatoms. The lowest BCUT2D eigenvalue weighted by atomic mass is 10.2. The molecule has 1 atom stereocenters. The average Bonchev–Trinajstić information content (AvgIpc) is 2.58. The Balaban J connectivity index is 2.60. The minimum absolute atomic E-state index is 0.138. The van der Waals surface area contributed by atoms with E-state index in [0.717, 1.165) is 0 Å². The first-order chi connectivity index (χ1) is 6.74. The number of aromatic nitrogens is 2. The zero-order valence-corrected chi connectivity index (χ0v) is 7.51. The number of rotatable bonds is 1. The third-order valence-electron chi connectivity index (χ3n) is 2.46. The quantitative estimate of drug-likeness (QED) is 0.620. The summed E-state index contributed by atoms with van der Waals surface area (Å²) in [6.07, 6.45) is 0.968. The standard InChI is InChI=1S/C9H9N3O2/c10-5-3-7-4-6-11-8(13)1-2-9(14)12(7)11/h1-2,7H,3-4,6H2. The Morgan fingerprint density at radius 3 is 2.86 bits per heavy atom. The fourth-order valence-corrected chi connectivity index (χ4v) is 1.81. The molecule has 1 aromatic heterocycles. The summed E-state index contributed by atoms with van der Waals surface area (Å²) in [6.45, 7) is 0.529. The van der Waals surface area contributed by atoms with Gasteiger partial charge >= 0.3 is 0 Å². The summed E-state index contributed by atoms with van der Waals surface area (Å²) < 4.78 is 2.80. The summed E-state index contributed by atoms with van der Waals surface area (Å²) in [5.41, 5.74) is -0.382. The van der Waals surface area contributed by atoms with Crippen molar-refractivity contribution in [2.45, 2.75) is 25.4 Å². The van der Waals surface area contributed by atoms with Crippen LogP contribution in [0.1, 0.15) is 18.9 Å². The zero-order valence-electron chi connectivity index (χ0n) is 7.51. The summed E-state index contributed by atoms with van der Waals surface area (Å²) in [7, 11) is 0. The van der Waals surface area contributed by atoms with Gasteiger partial charge in [-0.1, -0.05) is 0 Å². The lowest BCUT2D eigenvalue weighted by Gasteiger charge is -2.09. The summed E-state index contributed by atoms with van der Waals surface area (Å²) in [5.74, 6) is 0. The van der Waals surface area contributed by atoms with E-state index in [1.54, 1.807) is 0 Å². The van der Waals surface area contributed by atoms with Gasteiger partial charge in [0.15, 0.2) is 0 Å². The molecular weight excluding hydrogens is 182 g/mol. The van der Waals surface area contributed by atoms with Gasteiger partial charge in [-0.2, -0.15) is 5.26 Å². The van der Waals surface area contributed by atoms with Crippen LogP contribution in [0.2, 0.25) is 0 Å². The van der Waals surface area contributed by atoms with Crippen LogP contribution in [0.5, 0.6) is 0 Å². The molecular formula is C9H9N3O2. The first kappa shape index (κ1) is 8.75. The molecule has 0 N–H and O–H groups in total. The van der Waals surface area contributed by atoms with Gasteiger partial charge < -0.3 is 0 Å². The first-order valence-corrected chi connectivity index (χ1v) is 4.43. The van der Waals surface area contributed by atoms with Crippen molar-refractivity contribution in [1.82, 2.24) is 9.36 Å². The van der Waals surface area contributed by atoms with E-state index in [-0.39, 0.29) is 23.6 Å². The third kappa shape index (κ3) is 1.16. The third-order valence-corrected chi connectivity index (χ3v) is 2.46. The maximum atomic E-state index is 11.4. The van der Waals surface area contributed by atoms with Crippen molar-refractivity contribution < 1.29 is 0 Å². The molecule has 0 bridgehead atoms. The minimum Gasteiger partial charge on any atom is -0.268 e. The molecule has 2 rings (SSSR count). The summed E-state index contributed by atoms with van der Waals surface area (Å²) >= 11 is 0. The van der Waals surface area contributed by atoms with Crippen LogP contribution in [0.15, 0.2) is 21.7 Å². The number of hydrogen-bond acceptors (Lipinski definition) is 3. The maximum Gasteiger partial charge on any atom is 0.265 e. The Labute approximate surface area is 79.8 Å². The molecule has 0 spiro atoms. The summed E-state index contributed by atoms with van der Waals surface area (Å²) in [6, 6.07) is 4.41. The van der Waals surface area contributed by atoms with E-state index in [1.165, 1.54) is 21.5 Å². The van der Waals surface area contributed by atoms with E-state index in [4.69, 9.17) is 5.26 Å². The highest BCUT2D eigenvalue weighted by Gasteiger charge is 2.22. The van der Waals surface area contributed by atoms with Crippen molar-refractivity contribution in [3.05, 3.63) is 32.8 Å². The Morgan fingerprint density at radius 2 is 2.14 bits per heavy atom. The molecule has 72 valence electrons. The molecule has 1 aromatic rings. The second-order valence-corrected chi connectivity index (χ2v) is 3.28. The number of fused-ring (bicyclic) bond motifs is 1. The molecule has 0 aromatic carbocycles. The van der Waals surface area contributed by atoms with Gasteiger partial charge in [0.25, 0.3) is 11.1 Å². The molecule has 1 unspecified atom stereocenters. The normalized spacial score (nSPS) is 18.9. The molecule has 0 radical (unpaired) electrons. The second kappa shape index (κ2) is 3.14. The molecule has 0 saturated carbocycles. The van der Waals surface area contributed by atoms with Crippen LogP contribution in [0.25, 0.3) is 0 Å². The van der Waals surface area contributed by atoms with Gasteiger partial charge in [0, 0.05) is 18.7 Å². The van der Waals surface area contributed by atoms with Crippen molar-refractivity contribution >= 4 is 0 Å². The summed E-state index contributed by atoms with van der Waals surface area (Å²) in [4.78, 5) is 22.8.